The van der Waals surface area contributed by atoms with Gasteiger partial charge in [0, 0.05) is 12.2 Å². The van der Waals surface area contributed by atoms with E-state index in [-0.39, 0.29) is 0 Å². The van der Waals surface area contributed by atoms with E-state index in [4.69, 9.17) is 9.84 Å². The molecule has 0 spiro atoms. The number of nitrogens with zero attached hydrogens (tertiary/aromatic N) is 4. The van der Waals surface area contributed by atoms with Crippen LogP contribution in [0.2, 0.25) is 0 Å². The van der Waals surface area contributed by atoms with Crippen LogP contribution in [0.4, 0.5) is 0 Å². The zero-order valence-corrected chi connectivity index (χ0v) is 14.0. The first-order chi connectivity index (χ1) is 11.8. The molecule has 0 unspecified atom stereocenters. The number of rotatable bonds is 4. The van der Waals surface area contributed by atoms with Gasteiger partial charge in [-0.25, -0.2) is 0 Å². The van der Waals surface area contributed by atoms with E-state index >= 15 is 0 Å². The third-order valence-electron chi connectivity index (χ3n) is 3.86. The van der Waals surface area contributed by atoms with Gasteiger partial charge in [-0.05, 0) is 35.4 Å². The van der Waals surface area contributed by atoms with E-state index in [0.717, 1.165) is 33.8 Å². The fourth-order valence-corrected chi connectivity index (χ4v) is 3.44. The topological polar surface area (TPSA) is 52.3 Å². The van der Waals surface area contributed by atoms with Crippen molar-refractivity contribution in [3.05, 3.63) is 71.5 Å². The van der Waals surface area contributed by atoms with E-state index in [0.29, 0.717) is 6.42 Å². The predicted octanol–water partition coefficient (Wildman–Crippen LogP) is 3.24. The van der Waals surface area contributed by atoms with Gasteiger partial charge in [0.05, 0.1) is 12.8 Å². The van der Waals surface area contributed by atoms with Gasteiger partial charge in [-0.3, -0.25) is 0 Å². The van der Waals surface area contributed by atoms with E-state index in [2.05, 4.69) is 22.3 Å². The second kappa shape index (κ2) is 6.49. The first kappa shape index (κ1) is 15.0. The van der Waals surface area contributed by atoms with Gasteiger partial charge in [0.15, 0.2) is 5.82 Å². The molecule has 5 nitrogen and oxygen atoms in total. The average molecular weight is 336 g/mol. The lowest BCUT2D eigenvalue weighted by molar-refractivity contribution is 0.415. The minimum atomic E-state index is 0.716. The molecule has 0 bridgehead atoms. The maximum absolute atomic E-state index is 5.22. The highest BCUT2D eigenvalue weighted by Crippen LogP contribution is 2.25. The quantitative estimate of drug-likeness (QED) is 0.734. The minimum Gasteiger partial charge on any atom is -0.497 e. The van der Waals surface area contributed by atoms with Crippen LogP contribution in [-0.2, 0) is 6.42 Å². The predicted molar refractivity (Wildman–Crippen MR) is 94.9 cm³/mol. The Balaban J connectivity index is 1.65. The molecule has 1 aromatic heterocycles. The normalized spacial score (nSPS) is 13.3. The Morgan fingerprint density at radius 3 is 2.58 bits per heavy atom. The maximum Gasteiger partial charge on any atom is 0.212 e. The van der Waals surface area contributed by atoms with Crippen molar-refractivity contribution < 1.29 is 4.74 Å². The molecule has 24 heavy (non-hydrogen) atoms. The summed E-state index contributed by atoms with van der Waals surface area (Å²) in [6, 6.07) is 18.2. The monoisotopic (exact) mass is 336 g/mol. The van der Waals surface area contributed by atoms with Gasteiger partial charge in [-0.2, -0.15) is 9.78 Å². The molecule has 6 heteroatoms. The molecule has 0 fully saturated rings. The summed E-state index contributed by atoms with van der Waals surface area (Å²) in [4.78, 5) is 0. The third kappa shape index (κ3) is 2.92. The minimum absolute atomic E-state index is 0.716. The third-order valence-corrected chi connectivity index (χ3v) is 4.79. The van der Waals surface area contributed by atoms with E-state index in [1.807, 2.05) is 47.1 Å². The van der Waals surface area contributed by atoms with Crippen molar-refractivity contribution in [3.8, 4) is 5.75 Å². The fourth-order valence-electron chi connectivity index (χ4n) is 2.58. The van der Waals surface area contributed by atoms with E-state index in [9.17, 15) is 0 Å². The van der Waals surface area contributed by atoms with Crippen molar-refractivity contribution in [2.45, 2.75) is 11.6 Å². The SMILES string of the molecule is COc1ccc(C2=Nn3c(Cc4ccccc4)nnc3SC2)cc1. The molecule has 0 saturated heterocycles. The summed E-state index contributed by atoms with van der Waals surface area (Å²) < 4.78 is 7.08. The Hall–Kier alpha value is -2.60. The van der Waals surface area contributed by atoms with Crippen LogP contribution in [0, 0.1) is 0 Å². The molecule has 1 aliphatic rings. The summed E-state index contributed by atoms with van der Waals surface area (Å²) in [6.07, 6.45) is 0.716. The number of ether oxygens (including phenoxy) is 1. The smallest absolute Gasteiger partial charge is 0.212 e. The summed E-state index contributed by atoms with van der Waals surface area (Å²) in [5.74, 6) is 2.49. The summed E-state index contributed by atoms with van der Waals surface area (Å²) in [6.45, 7) is 0. The van der Waals surface area contributed by atoms with Crippen LogP contribution in [0.15, 0.2) is 64.9 Å². The summed E-state index contributed by atoms with van der Waals surface area (Å²) in [5, 5.41) is 14.2. The number of hydrogen-bond acceptors (Lipinski definition) is 5. The second-order valence-corrected chi connectivity index (χ2v) is 6.38. The highest BCUT2D eigenvalue weighted by Gasteiger charge is 2.19. The average Bonchev–Trinajstić information content (AvgIpc) is 3.05. The van der Waals surface area contributed by atoms with Crippen LogP contribution < -0.4 is 4.74 Å². The first-order valence-corrected chi connectivity index (χ1v) is 8.65. The van der Waals surface area contributed by atoms with Gasteiger partial charge in [0.25, 0.3) is 0 Å². The maximum atomic E-state index is 5.22. The van der Waals surface area contributed by atoms with Gasteiger partial charge in [-0.1, -0.05) is 42.1 Å². The van der Waals surface area contributed by atoms with E-state index < -0.39 is 0 Å². The Morgan fingerprint density at radius 2 is 1.83 bits per heavy atom. The van der Waals surface area contributed by atoms with Gasteiger partial charge in [-0.15, -0.1) is 10.2 Å². The zero-order valence-electron chi connectivity index (χ0n) is 13.2. The zero-order chi connectivity index (χ0) is 16.4. The molecular weight excluding hydrogens is 320 g/mol. The first-order valence-electron chi connectivity index (χ1n) is 7.67. The van der Waals surface area contributed by atoms with Crippen molar-refractivity contribution >= 4 is 17.5 Å². The molecule has 4 rings (SSSR count). The Morgan fingerprint density at radius 1 is 1.04 bits per heavy atom. The molecule has 3 aromatic rings. The molecule has 0 aliphatic carbocycles. The van der Waals surface area contributed by atoms with Crippen molar-refractivity contribution in [3.63, 3.8) is 0 Å². The fraction of sp³-hybridized carbons (Fsp3) is 0.167. The number of hydrogen-bond donors (Lipinski definition) is 0. The van der Waals surface area contributed by atoms with Crippen LogP contribution >= 0.6 is 11.8 Å². The van der Waals surface area contributed by atoms with Gasteiger partial charge < -0.3 is 4.74 Å². The lowest BCUT2D eigenvalue weighted by Crippen LogP contribution is -2.14. The van der Waals surface area contributed by atoms with Crippen molar-refractivity contribution in [2.75, 3.05) is 12.9 Å². The van der Waals surface area contributed by atoms with Crippen molar-refractivity contribution in [2.24, 2.45) is 5.10 Å². The Kier molecular flexibility index (Phi) is 4.04. The molecule has 2 heterocycles. The molecule has 120 valence electrons. The molecule has 0 radical (unpaired) electrons. The molecule has 0 atom stereocenters. The van der Waals surface area contributed by atoms with Crippen LogP contribution in [0.3, 0.4) is 0 Å². The van der Waals surface area contributed by atoms with E-state index in [1.165, 1.54) is 5.56 Å². The molecular formula is C18H16N4OS. The molecule has 0 N–H and O–H groups in total. The van der Waals surface area contributed by atoms with Crippen molar-refractivity contribution in [1.82, 2.24) is 14.9 Å². The molecule has 2 aromatic carbocycles. The number of methoxy groups -OCH3 is 1. The summed E-state index contributed by atoms with van der Waals surface area (Å²) in [5.41, 5.74) is 3.31. The molecule has 1 aliphatic heterocycles. The lowest BCUT2D eigenvalue weighted by atomic mass is 10.1. The highest BCUT2D eigenvalue weighted by atomic mass is 32.2. The van der Waals surface area contributed by atoms with Crippen LogP contribution in [0.5, 0.6) is 5.75 Å². The number of aromatic nitrogens is 3. The summed E-state index contributed by atoms with van der Waals surface area (Å²) >= 11 is 1.66. The van der Waals surface area contributed by atoms with Crippen LogP contribution in [0.25, 0.3) is 0 Å². The number of thioether (sulfide) groups is 1. The van der Waals surface area contributed by atoms with Gasteiger partial charge in [0.1, 0.15) is 5.75 Å². The molecule has 0 saturated carbocycles. The van der Waals surface area contributed by atoms with Crippen molar-refractivity contribution in [1.29, 1.82) is 0 Å². The van der Waals surface area contributed by atoms with Gasteiger partial charge in [0.2, 0.25) is 5.16 Å². The Labute approximate surface area is 144 Å². The van der Waals surface area contributed by atoms with E-state index in [1.54, 1.807) is 18.9 Å². The van der Waals surface area contributed by atoms with Crippen LogP contribution in [-0.4, -0.2) is 33.4 Å². The number of benzene rings is 2. The molecule has 0 amide bonds. The summed E-state index contributed by atoms with van der Waals surface area (Å²) in [7, 11) is 1.67. The second-order valence-electron chi connectivity index (χ2n) is 5.44. The Bertz CT molecular complexity index is 872. The van der Waals surface area contributed by atoms with Gasteiger partial charge >= 0.3 is 0 Å². The largest absolute Gasteiger partial charge is 0.497 e. The van der Waals surface area contributed by atoms with Crippen LogP contribution in [0.1, 0.15) is 17.0 Å². The number of fused-ring (bicyclic) bond motifs is 1. The highest BCUT2D eigenvalue weighted by molar-refractivity contribution is 7.99. The lowest BCUT2D eigenvalue weighted by Gasteiger charge is -2.14. The standard InChI is InChI=1S/C18H16N4OS/c1-23-15-9-7-14(8-10-15)16-12-24-18-20-19-17(22(18)21-16)11-13-5-3-2-4-6-13/h2-10H,11-12H2,1H3.